The van der Waals surface area contributed by atoms with Gasteiger partial charge in [0.1, 0.15) is 0 Å². The van der Waals surface area contributed by atoms with Gasteiger partial charge in [-0.1, -0.05) is 54.1 Å². The van der Waals surface area contributed by atoms with Crippen LogP contribution in [0.1, 0.15) is 5.56 Å². The molecule has 0 fully saturated rings. The summed E-state index contributed by atoms with van der Waals surface area (Å²) in [6.45, 7) is 1.03. The fourth-order valence-electron chi connectivity index (χ4n) is 3.09. The smallest absolute Gasteiger partial charge is 0.0484 e. The number of anilines is 1. The van der Waals surface area contributed by atoms with Crippen LogP contribution in [0.4, 0.5) is 5.69 Å². The SMILES string of the molecule is Clc1ccc(-c2cccc3c2CCN3)c2ccccc12. The van der Waals surface area contributed by atoms with E-state index >= 15 is 0 Å². The molecule has 1 heterocycles. The van der Waals surface area contributed by atoms with E-state index in [9.17, 15) is 0 Å². The quantitative estimate of drug-likeness (QED) is 0.651. The summed E-state index contributed by atoms with van der Waals surface area (Å²) < 4.78 is 0. The van der Waals surface area contributed by atoms with Gasteiger partial charge in [0.25, 0.3) is 0 Å². The predicted octanol–water partition coefficient (Wildman–Crippen LogP) is 5.13. The highest BCUT2D eigenvalue weighted by atomic mass is 35.5. The molecule has 4 rings (SSSR count). The van der Waals surface area contributed by atoms with Crippen LogP contribution in [0, 0.1) is 0 Å². The highest BCUT2D eigenvalue weighted by Gasteiger charge is 2.16. The van der Waals surface area contributed by atoms with Crippen molar-refractivity contribution in [3.05, 3.63) is 65.2 Å². The molecule has 98 valence electrons. The first-order valence-corrected chi connectivity index (χ1v) is 7.26. The van der Waals surface area contributed by atoms with Crippen LogP contribution >= 0.6 is 11.6 Å². The second-order valence-electron chi connectivity index (χ2n) is 5.15. The summed E-state index contributed by atoms with van der Waals surface area (Å²) in [5.74, 6) is 0. The van der Waals surface area contributed by atoms with Gasteiger partial charge < -0.3 is 5.32 Å². The fraction of sp³-hybridized carbons (Fsp3) is 0.111. The fourth-order valence-corrected chi connectivity index (χ4v) is 3.32. The molecule has 1 nitrogen and oxygen atoms in total. The number of hydrogen-bond acceptors (Lipinski definition) is 1. The van der Waals surface area contributed by atoms with Crippen LogP contribution in [-0.2, 0) is 6.42 Å². The van der Waals surface area contributed by atoms with E-state index in [1.54, 1.807) is 0 Å². The molecule has 0 saturated carbocycles. The number of rotatable bonds is 1. The third-order valence-corrected chi connectivity index (χ3v) is 4.36. The summed E-state index contributed by atoms with van der Waals surface area (Å²) in [5, 5.41) is 6.60. The van der Waals surface area contributed by atoms with Crippen molar-refractivity contribution in [1.29, 1.82) is 0 Å². The van der Waals surface area contributed by atoms with Gasteiger partial charge in [-0.15, -0.1) is 0 Å². The summed E-state index contributed by atoms with van der Waals surface area (Å²) in [4.78, 5) is 0. The summed E-state index contributed by atoms with van der Waals surface area (Å²) in [6, 6.07) is 19.0. The minimum absolute atomic E-state index is 0.815. The summed E-state index contributed by atoms with van der Waals surface area (Å²) in [6.07, 6.45) is 1.09. The first kappa shape index (κ1) is 11.8. The third-order valence-electron chi connectivity index (χ3n) is 4.03. The standard InChI is InChI=1S/C18H14ClN/c19-17-9-8-14(12-4-1-2-5-15(12)17)13-6-3-7-18-16(13)10-11-20-18/h1-9,20H,10-11H2. The van der Waals surface area contributed by atoms with Crippen LogP contribution in [0.3, 0.4) is 0 Å². The topological polar surface area (TPSA) is 12.0 Å². The molecule has 0 saturated heterocycles. The van der Waals surface area contributed by atoms with Crippen LogP contribution in [0.5, 0.6) is 0 Å². The zero-order valence-corrected chi connectivity index (χ0v) is 11.7. The second-order valence-corrected chi connectivity index (χ2v) is 5.56. The minimum Gasteiger partial charge on any atom is -0.384 e. The van der Waals surface area contributed by atoms with Gasteiger partial charge in [-0.05, 0) is 40.6 Å². The van der Waals surface area contributed by atoms with Crippen LogP contribution in [-0.4, -0.2) is 6.54 Å². The summed E-state index contributed by atoms with van der Waals surface area (Å²) >= 11 is 6.32. The van der Waals surface area contributed by atoms with Crippen molar-refractivity contribution in [3.8, 4) is 11.1 Å². The molecule has 20 heavy (non-hydrogen) atoms. The van der Waals surface area contributed by atoms with Crippen molar-refractivity contribution in [2.75, 3.05) is 11.9 Å². The molecular formula is C18H14ClN. The molecule has 0 spiro atoms. The summed E-state index contributed by atoms with van der Waals surface area (Å²) in [5.41, 5.74) is 5.27. The third kappa shape index (κ3) is 1.70. The highest BCUT2D eigenvalue weighted by molar-refractivity contribution is 6.36. The van der Waals surface area contributed by atoms with Crippen molar-refractivity contribution in [2.45, 2.75) is 6.42 Å². The first-order chi connectivity index (χ1) is 9.84. The maximum Gasteiger partial charge on any atom is 0.0484 e. The Morgan fingerprint density at radius 3 is 2.55 bits per heavy atom. The Balaban J connectivity index is 2.05. The zero-order chi connectivity index (χ0) is 13.5. The van der Waals surface area contributed by atoms with E-state index in [0.717, 1.165) is 23.4 Å². The van der Waals surface area contributed by atoms with E-state index in [0.29, 0.717) is 0 Å². The van der Waals surface area contributed by atoms with Gasteiger partial charge in [0.15, 0.2) is 0 Å². The van der Waals surface area contributed by atoms with Gasteiger partial charge in [0.2, 0.25) is 0 Å². The molecule has 2 heteroatoms. The van der Waals surface area contributed by atoms with E-state index < -0.39 is 0 Å². The Hall–Kier alpha value is -1.99. The van der Waals surface area contributed by atoms with Crippen LogP contribution < -0.4 is 5.32 Å². The van der Waals surface area contributed by atoms with Gasteiger partial charge in [0, 0.05) is 22.6 Å². The van der Waals surface area contributed by atoms with Crippen molar-refractivity contribution in [1.82, 2.24) is 0 Å². The lowest BCUT2D eigenvalue weighted by Crippen LogP contribution is -1.90. The predicted molar refractivity (Wildman–Crippen MR) is 86.6 cm³/mol. The number of nitrogens with one attached hydrogen (secondary N) is 1. The Morgan fingerprint density at radius 1 is 0.800 bits per heavy atom. The lowest BCUT2D eigenvalue weighted by molar-refractivity contribution is 1.11. The van der Waals surface area contributed by atoms with Gasteiger partial charge in [-0.25, -0.2) is 0 Å². The minimum atomic E-state index is 0.815. The van der Waals surface area contributed by atoms with E-state index in [-0.39, 0.29) is 0 Å². The molecule has 0 atom stereocenters. The average molecular weight is 280 g/mol. The normalized spacial score (nSPS) is 13.2. The van der Waals surface area contributed by atoms with Gasteiger partial charge >= 0.3 is 0 Å². The Kier molecular flexibility index (Phi) is 2.68. The molecule has 0 radical (unpaired) electrons. The molecule has 1 N–H and O–H groups in total. The molecule has 0 amide bonds. The molecule has 0 bridgehead atoms. The molecule has 3 aromatic rings. The molecule has 0 unspecified atom stereocenters. The number of benzene rings is 3. The maximum atomic E-state index is 6.32. The molecule has 0 aliphatic carbocycles. The zero-order valence-electron chi connectivity index (χ0n) is 11.0. The van der Waals surface area contributed by atoms with Crippen LogP contribution in [0.25, 0.3) is 21.9 Å². The van der Waals surface area contributed by atoms with Crippen molar-refractivity contribution in [2.24, 2.45) is 0 Å². The van der Waals surface area contributed by atoms with Crippen LogP contribution in [0.2, 0.25) is 5.02 Å². The van der Waals surface area contributed by atoms with Crippen molar-refractivity contribution < 1.29 is 0 Å². The number of halogens is 1. The first-order valence-electron chi connectivity index (χ1n) is 6.88. The molecule has 1 aliphatic rings. The monoisotopic (exact) mass is 279 g/mol. The maximum absolute atomic E-state index is 6.32. The Bertz CT molecular complexity index is 808. The lowest BCUT2D eigenvalue weighted by Gasteiger charge is -2.12. The van der Waals surface area contributed by atoms with Gasteiger partial charge in [0.05, 0.1) is 0 Å². The number of fused-ring (bicyclic) bond motifs is 2. The molecule has 3 aromatic carbocycles. The van der Waals surface area contributed by atoms with E-state index in [4.69, 9.17) is 11.6 Å². The van der Waals surface area contributed by atoms with E-state index in [2.05, 4.69) is 47.8 Å². The van der Waals surface area contributed by atoms with Gasteiger partial charge in [-0.2, -0.15) is 0 Å². The van der Waals surface area contributed by atoms with E-state index in [1.807, 2.05) is 12.1 Å². The lowest BCUT2D eigenvalue weighted by atomic mass is 9.93. The Labute approximate surface area is 123 Å². The molecule has 0 aromatic heterocycles. The average Bonchev–Trinajstić information content (AvgIpc) is 2.97. The van der Waals surface area contributed by atoms with Crippen molar-refractivity contribution >= 4 is 28.1 Å². The molecule has 1 aliphatic heterocycles. The Morgan fingerprint density at radius 2 is 1.65 bits per heavy atom. The molecular weight excluding hydrogens is 266 g/mol. The van der Waals surface area contributed by atoms with Gasteiger partial charge in [-0.3, -0.25) is 0 Å². The van der Waals surface area contributed by atoms with E-state index in [1.165, 1.54) is 27.8 Å². The van der Waals surface area contributed by atoms with Crippen molar-refractivity contribution in [3.63, 3.8) is 0 Å². The second kappa shape index (κ2) is 4.53. The highest BCUT2D eigenvalue weighted by Crippen LogP contribution is 2.38. The number of hydrogen-bond donors (Lipinski definition) is 1. The summed E-state index contributed by atoms with van der Waals surface area (Å²) in [7, 11) is 0. The largest absolute Gasteiger partial charge is 0.384 e. The van der Waals surface area contributed by atoms with Crippen LogP contribution in [0.15, 0.2) is 54.6 Å².